The zero-order valence-electron chi connectivity index (χ0n) is 17.6. The molecule has 4 nitrogen and oxygen atoms in total. The van der Waals surface area contributed by atoms with Crippen LogP contribution in [0.25, 0.3) is 0 Å². The lowest BCUT2D eigenvalue weighted by Gasteiger charge is -2.24. The quantitative estimate of drug-likeness (QED) is 0.508. The van der Waals surface area contributed by atoms with Gasteiger partial charge >= 0.3 is 0 Å². The molecule has 162 valence electrons. The van der Waals surface area contributed by atoms with Gasteiger partial charge in [0.2, 0.25) is 0 Å². The van der Waals surface area contributed by atoms with Gasteiger partial charge in [0.15, 0.2) is 11.6 Å². The van der Waals surface area contributed by atoms with Crippen LogP contribution in [0.4, 0.5) is 4.39 Å². The van der Waals surface area contributed by atoms with Gasteiger partial charge in [-0.25, -0.2) is 4.39 Å². The van der Waals surface area contributed by atoms with E-state index in [1.807, 2.05) is 32.0 Å². The van der Waals surface area contributed by atoms with Crippen LogP contribution in [0.1, 0.15) is 51.1 Å². The highest BCUT2D eigenvalue weighted by molar-refractivity contribution is 6.32. The minimum atomic E-state index is -0.471. The molecular weight excluding hydrogens is 403 g/mol. The van der Waals surface area contributed by atoms with Gasteiger partial charge in [0.25, 0.3) is 0 Å². The number of benzene rings is 2. The fourth-order valence-corrected chi connectivity index (χ4v) is 4.17. The number of nitrogens with one attached hydrogen (secondary N) is 2. The lowest BCUT2D eigenvalue weighted by Crippen LogP contribution is -2.33. The van der Waals surface area contributed by atoms with E-state index in [9.17, 15) is 4.79 Å². The standard InChI is InChI=1S/C24H30ClFN2O2/c1-3-22(28-16(2)13-18(29)14-17-11-12-27-15-17)20-9-10-21(25)24(23(20)26)30-19-7-5-4-6-8-19/h4-10,16-17,22,27-28H,3,11-15H2,1-2H3/t16-,17-,22+/m0/s1. The molecule has 0 unspecified atom stereocenters. The largest absolute Gasteiger partial charge is 0.453 e. The first-order valence-corrected chi connectivity index (χ1v) is 11.0. The maximum atomic E-state index is 15.3. The average molecular weight is 433 g/mol. The Bertz CT molecular complexity index is 841. The summed E-state index contributed by atoms with van der Waals surface area (Å²) in [5.41, 5.74) is 0.493. The van der Waals surface area contributed by atoms with Crippen molar-refractivity contribution in [2.45, 2.75) is 51.6 Å². The molecule has 3 rings (SSSR count). The summed E-state index contributed by atoms with van der Waals surface area (Å²) in [5.74, 6) is 0.775. The highest BCUT2D eigenvalue weighted by Crippen LogP contribution is 2.36. The van der Waals surface area contributed by atoms with Crippen LogP contribution in [0, 0.1) is 11.7 Å². The number of carbonyl (C=O) groups excluding carboxylic acids is 1. The molecular formula is C24H30ClFN2O2. The Kier molecular flexibility index (Phi) is 8.25. The molecule has 1 aliphatic rings. The first-order valence-electron chi connectivity index (χ1n) is 10.7. The normalized spacial score (nSPS) is 18.2. The van der Waals surface area contributed by atoms with Crippen molar-refractivity contribution in [2.75, 3.05) is 13.1 Å². The number of ketones is 1. The van der Waals surface area contributed by atoms with Gasteiger partial charge < -0.3 is 15.4 Å². The van der Waals surface area contributed by atoms with E-state index in [1.54, 1.807) is 24.3 Å². The van der Waals surface area contributed by atoms with Crippen molar-refractivity contribution in [3.05, 3.63) is 58.9 Å². The smallest absolute Gasteiger partial charge is 0.181 e. The van der Waals surface area contributed by atoms with E-state index in [0.29, 0.717) is 36.5 Å². The maximum Gasteiger partial charge on any atom is 0.181 e. The molecule has 2 aromatic carbocycles. The van der Waals surface area contributed by atoms with Crippen LogP contribution >= 0.6 is 11.6 Å². The Morgan fingerprint density at radius 2 is 2.07 bits per heavy atom. The predicted molar refractivity (Wildman–Crippen MR) is 119 cm³/mol. The lowest BCUT2D eigenvalue weighted by molar-refractivity contribution is -0.120. The minimum Gasteiger partial charge on any atom is -0.453 e. The molecule has 0 saturated carbocycles. The van der Waals surface area contributed by atoms with Crippen LogP contribution in [-0.2, 0) is 4.79 Å². The third kappa shape index (κ3) is 6.03. The monoisotopic (exact) mass is 432 g/mol. The molecule has 3 atom stereocenters. The summed E-state index contributed by atoms with van der Waals surface area (Å²) >= 11 is 6.22. The van der Waals surface area contributed by atoms with E-state index in [4.69, 9.17) is 16.3 Å². The molecule has 2 aromatic rings. The second-order valence-electron chi connectivity index (χ2n) is 8.03. The summed E-state index contributed by atoms with van der Waals surface area (Å²) in [4.78, 5) is 12.4. The number of halogens is 2. The first kappa shape index (κ1) is 22.7. The number of para-hydroxylation sites is 1. The van der Waals surface area contributed by atoms with Crippen molar-refractivity contribution in [1.82, 2.24) is 10.6 Å². The fraction of sp³-hybridized carbons (Fsp3) is 0.458. The summed E-state index contributed by atoms with van der Waals surface area (Å²) < 4.78 is 21.0. The molecule has 6 heteroatoms. The average Bonchev–Trinajstić information content (AvgIpc) is 3.23. The summed E-state index contributed by atoms with van der Waals surface area (Å²) in [5, 5.41) is 6.94. The van der Waals surface area contributed by atoms with Crippen LogP contribution in [0.5, 0.6) is 11.5 Å². The molecule has 0 bridgehead atoms. The van der Waals surface area contributed by atoms with Crippen LogP contribution in [0.15, 0.2) is 42.5 Å². The van der Waals surface area contributed by atoms with Crippen molar-refractivity contribution in [3.8, 4) is 11.5 Å². The van der Waals surface area contributed by atoms with Gasteiger partial charge in [-0.15, -0.1) is 0 Å². The van der Waals surface area contributed by atoms with Gasteiger partial charge in [0.1, 0.15) is 11.5 Å². The van der Waals surface area contributed by atoms with Crippen LogP contribution in [0.3, 0.4) is 0 Å². The molecule has 1 heterocycles. The SMILES string of the molecule is CC[C@@H](N[C@@H](C)CC(=O)C[C@@H]1CCNC1)c1ccc(Cl)c(Oc2ccccc2)c1F. The Morgan fingerprint density at radius 1 is 1.30 bits per heavy atom. The Balaban J connectivity index is 1.67. The second-order valence-corrected chi connectivity index (χ2v) is 8.44. The number of ether oxygens (including phenoxy) is 1. The van der Waals surface area contributed by atoms with E-state index in [0.717, 1.165) is 19.5 Å². The summed E-state index contributed by atoms with van der Waals surface area (Å²) in [6.45, 7) is 5.88. The van der Waals surface area contributed by atoms with Gasteiger partial charge in [0.05, 0.1) is 5.02 Å². The molecule has 0 aliphatic carbocycles. The van der Waals surface area contributed by atoms with Crippen molar-refractivity contribution in [3.63, 3.8) is 0 Å². The predicted octanol–water partition coefficient (Wildman–Crippen LogP) is 5.66. The van der Waals surface area contributed by atoms with E-state index in [1.165, 1.54) is 0 Å². The van der Waals surface area contributed by atoms with Gasteiger partial charge in [-0.1, -0.05) is 42.8 Å². The Morgan fingerprint density at radius 3 is 2.73 bits per heavy atom. The third-order valence-electron chi connectivity index (χ3n) is 5.52. The fourth-order valence-electron chi connectivity index (χ4n) is 3.98. The molecule has 0 amide bonds. The van der Waals surface area contributed by atoms with E-state index < -0.39 is 5.82 Å². The highest BCUT2D eigenvalue weighted by atomic mass is 35.5. The first-order chi connectivity index (χ1) is 14.5. The Hall–Kier alpha value is -1.95. The van der Waals surface area contributed by atoms with Gasteiger partial charge in [-0.05, 0) is 57.0 Å². The van der Waals surface area contributed by atoms with Crippen LogP contribution in [0.2, 0.25) is 5.02 Å². The number of hydrogen-bond donors (Lipinski definition) is 2. The van der Waals surface area contributed by atoms with Crippen molar-refractivity contribution >= 4 is 17.4 Å². The van der Waals surface area contributed by atoms with Gasteiger partial charge in [-0.3, -0.25) is 4.79 Å². The molecule has 1 fully saturated rings. The molecule has 2 N–H and O–H groups in total. The second kappa shape index (κ2) is 10.9. The van der Waals surface area contributed by atoms with Crippen molar-refractivity contribution < 1.29 is 13.9 Å². The van der Waals surface area contributed by atoms with Crippen molar-refractivity contribution in [2.24, 2.45) is 5.92 Å². The van der Waals surface area contributed by atoms with E-state index in [-0.39, 0.29) is 28.6 Å². The summed E-state index contributed by atoms with van der Waals surface area (Å²) in [6.07, 6.45) is 2.79. The topological polar surface area (TPSA) is 50.4 Å². The van der Waals surface area contributed by atoms with E-state index >= 15 is 4.39 Å². The van der Waals surface area contributed by atoms with Crippen LogP contribution < -0.4 is 15.4 Å². The third-order valence-corrected chi connectivity index (χ3v) is 5.82. The number of carbonyl (C=O) groups is 1. The van der Waals surface area contributed by atoms with Crippen molar-refractivity contribution in [1.29, 1.82) is 0 Å². The van der Waals surface area contributed by atoms with Crippen LogP contribution in [-0.4, -0.2) is 24.9 Å². The zero-order valence-corrected chi connectivity index (χ0v) is 18.3. The maximum absolute atomic E-state index is 15.3. The highest BCUT2D eigenvalue weighted by Gasteiger charge is 2.24. The molecule has 0 radical (unpaired) electrons. The zero-order chi connectivity index (χ0) is 21.5. The van der Waals surface area contributed by atoms with E-state index in [2.05, 4.69) is 10.6 Å². The molecule has 30 heavy (non-hydrogen) atoms. The molecule has 1 saturated heterocycles. The molecule has 0 spiro atoms. The summed E-state index contributed by atoms with van der Waals surface area (Å²) in [7, 11) is 0. The molecule has 0 aromatic heterocycles. The number of Topliss-reactive ketones (excluding diaryl/α,β-unsaturated/α-hetero) is 1. The minimum absolute atomic E-state index is 0.0260. The number of hydrogen-bond acceptors (Lipinski definition) is 4. The lowest BCUT2D eigenvalue weighted by atomic mass is 9.97. The van der Waals surface area contributed by atoms with Gasteiger partial charge in [-0.2, -0.15) is 0 Å². The number of rotatable bonds is 10. The van der Waals surface area contributed by atoms with Gasteiger partial charge in [0, 0.05) is 30.5 Å². The molecule has 1 aliphatic heterocycles. The Labute approximate surface area is 183 Å². The summed E-state index contributed by atoms with van der Waals surface area (Å²) in [6, 6.07) is 12.1.